The van der Waals surface area contributed by atoms with E-state index < -0.39 is 10.0 Å². The number of hydrogen-bond acceptors (Lipinski definition) is 4. The minimum atomic E-state index is -3.64. The molecule has 3 heterocycles. The molecular formula is C12H11N3O2S2. The van der Waals surface area contributed by atoms with Crippen LogP contribution >= 0.6 is 11.3 Å². The highest BCUT2D eigenvalue weighted by Crippen LogP contribution is 2.34. The Morgan fingerprint density at radius 3 is 2.74 bits per heavy atom. The van der Waals surface area contributed by atoms with Crippen molar-refractivity contribution in [3.8, 4) is 10.4 Å². The highest BCUT2D eigenvalue weighted by atomic mass is 32.2. The Morgan fingerprint density at radius 1 is 1.26 bits per heavy atom. The van der Waals surface area contributed by atoms with Crippen LogP contribution in [0.1, 0.15) is 0 Å². The largest absolute Gasteiger partial charge is 0.336 e. The zero-order chi connectivity index (χ0) is 13.6. The summed E-state index contributed by atoms with van der Waals surface area (Å²) in [4.78, 5) is 5.17. The van der Waals surface area contributed by atoms with Crippen molar-refractivity contribution in [2.45, 2.75) is 4.21 Å². The number of nitrogens with zero attached hydrogens (tertiary/aromatic N) is 2. The predicted molar refractivity (Wildman–Crippen MR) is 75.4 cm³/mol. The summed E-state index contributed by atoms with van der Waals surface area (Å²) in [6.07, 6.45) is 3.64. The van der Waals surface area contributed by atoms with Gasteiger partial charge in [0.25, 0.3) is 0 Å². The lowest BCUT2D eigenvalue weighted by Crippen LogP contribution is -2.09. The molecular weight excluding hydrogens is 282 g/mol. The minimum Gasteiger partial charge on any atom is -0.336 e. The second kappa shape index (κ2) is 4.16. The molecule has 7 heteroatoms. The van der Waals surface area contributed by atoms with Crippen LogP contribution in [0, 0.1) is 0 Å². The van der Waals surface area contributed by atoms with Gasteiger partial charge in [-0.05, 0) is 24.3 Å². The number of thiophene rings is 1. The molecule has 2 N–H and O–H groups in total. The molecule has 98 valence electrons. The first kappa shape index (κ1) is 12.3. The molecule has 19 heavy (non-hydrogen) atoms. The van der Waals surface area contributed by atoms with E-state index in [4.69, 9.17) is 5.14 Å². The maximum Gasteiger partial charge on any atom is 0.247 e. The van der Waals surface area contributed by atoms with Gasteiger partial charge in [0.15, 0.2) is 0 Å². The first-order valence-corrected chi connectivity index (χ1v) is 7.86. The maximum atomic E-state index is 11.3. The van der Waals surface area contributed by atoms with Crippen molar-refractivity contribution in [1.29, 1.82) is 0 Å². The van der Waals surface area contributed by atoms with Crippen LogP contribution < -0.4 is 5.14 Å². The minimum absolute atomic E-state index is 0.170. The maximum absolute atomic E-state index is 11.3. The number of pyridine rings is 1. The number of aryl methyl sites for hydroxylation is 1. The van der Waals surface area contributed by atoms with Crippen molar-refractivity contribution < 1.29 is 8.42 Å². The molecule has 0 aliphatic carbocycles. The van der Waals surface area contributed by atoms with E-state index in [1.807, 2.05) is 29.9 Å². The van der Waals surface area contributed by atoms with Crippen LogP contribution in [0.4, 0.5) is 0 Å². The van der Waals surface area contributed by atoms with Gasteiger partial charge in [-0.2, -0.15) is 0 Å². The second-order valence-corrected chi connectivity index (χ2v) is 7.06. The van der Waals surface area contributed by atoms with E-state index in [0.717, 1.165) is 21.5 Å². The number of aromatic nitrogens is 2. The molecule has 3 aromatic rings. The lowest BCUT2D eigenvalue weighted by Gasteiger charge is -2.00. The molecule has 0 atom stereocenters. The topological polar surface area (TPSA) is 78.0 Å². The van der Waals surface area contributed by atoms with Crippen molar-refractivity contribution >= 4 is 32.4 Å². The third kappa shape index (κ3) is 2.05. The van der Waals surface area contributed by atoms with Gasteiger partial charge >= 0.3 is 0 Å². The van der Waals surface area contributed by atoms with Gasteiger partial charge in [-0.1, -0.05) is 0 Å². The fraction of sp³-hybridized carbons (Fsp3) is 0.0833. The molecule has 0 bridgehead atoms. The van der Waals surface area contributed by atoms with E-state index in [2.05, 4.69) is 4.98 Å². The second-order valence-electron chi connectivity index (χ2n) is 4.19. The molecule has 0 saturated heterocycles. The SMILES string of the molecule is Cn1ccc2c(-c3ccc(S(N)(=O)=O)s3)ccnc21. The average molecular weight is 293 g/mol. The van der Waals surface area contributed by atoms with E-state index in [1.54, 1.807) is 12.3 Å². The molecule has 0 saturated carbocycles. The summed E-state index contributed by atoms with van der Waals surface area (Å²) in [6.45, 7) is 0. The Balaban J connectivity index is 2.22. The fourth-order valence-electron chi connectivity index (χ4n) is 2.00. The molecule has 5 nitrogen and oxygen atoms in total. The monoisotopic (exact) mass is 293 g/mol. The zero-order valence-corrected chi connectivity index (χ0v) is 11.7. The van der Waals surface area contributed by atoms with Crippen molar-refractivity contribution in [3.05, 3.63) is 36.7 Å². The Labute approximate surface area is 114 Å². The molecule has 3 aromatic heterocycles. The van der Waals surface area contributed by atoms with Crippen LogP contribution in [-0.4, -0.2) is 18.0 Å². The summed E-state index contributed by atoms with van der Waals surface area (Å²) in [7, 11) is -1.72. The third-order valence-electron chi connectivity index (χ3n) is 2.90. The van der Waals surface area contributed by atoms with E-state index in [-0.39, 0.29) is 4.21 Å². The van der Waals surface area contributed by atoms with Crippen molar-refractivity contribution in [1.82, 2.24) is 9.55 Å². The molecule has 0 unspecified atom stereocenters. The van der Waals surface area contributed by atoms with Crippen LogP contribution in [0.25, 0.3) is 21.5 Å². The molecule has 0 aliphatic heterocycles. The van der Waals surface area contributed by atoms with Gasteiger partial charge in [-0.25, -0.2) is 18.5 Å². The van der Waals surface area contributed by atoms with Crippen LogP contribution in [0.5, 0.6) is 0 Å². The van der Waals surface area contributed by atoms with Gasteiger partial charge in [-0.3, -0.25) is 0 Å². The van der Waals surface area contributed by atoms with E-state index >= 15 is 0 Å². The van der Waals surface area contributed by atoms with Gasteiger partial charge in [0.05, 0.1) is 0 Å². The fourth-order valence-corrected chi connectivity index (χ4v) is 3.77. The summed E-state index contributed by atoms with van der Waals surface area (Å²) in [5.41, 5.74) is 1.83. The lowest BCUT2D eigenvalue weighted by atomic mass is 10.1. The van der Waals surface area contributed by atoms with Crippen LogP contribution in [0.2, 0.25) is 0 Å². The van der Waals surface area contributed by atoms with Crippen LogP contribution in [0.3, 0.4) is 0 Å². The van der Waals surface area contributed by atoms with Gasteiger partial charge in [0.2, 0.25) is 10.0 Å². The zero-order valence-electron chi connectivity index (χ0n) is 10.1. The summed E-state index contributed by atoms with van der Waals surface area (Å²) in [5.74, 6) is 0. The summed E-state index contributed by atoms with van der Waals surface area (Å²) in [6, 6.07) is 7.14. The Morgan fingerprint density at radius 2 is 2.05 bits per heavy atom. The molecule has 0 radical (unpaired) electrons. The molecule has 0 spiro atoms. The number of primary sulfonamides is 1. The van der Waals surface area contributed by atoms with Gasteiger partial charge in [-0.15, -0.1) is 11.3 Å². The lowest BCUT2D eigenvalue weighted by molar-refractivity contribution is 0.600. The number of rotatable bonds is 2. The Hall–Kier alpha value is -1.70. The predicted octanol–water partition coefficient (Wildman–Crippen LogP) is 1.95. The molecule has 0 aromatic carbocycles. The molecule has 3 rings (SSSR count). The van der Waals surface area contributed by atoms with E-state index in [0.29, 0.717) is 0 Å². The van der Waals surface area contributed by atoms with Gasteiger partial charge < -0.3 is 4.57 Å². The Kier molecular flexibility index (Phi) is 2.70. The van der Waals surface area contributed by atoms with E-state index in [9.17, 15) is 8.42 Å². The normalized spacial score (nSPS) is 12.1. The van der Waals surface area contributed by atoms with Crippen molar-refractivity contribution in [2.24, 2.45) is 12.2 Å². The number of nitrogens with two attached hydrogens (primary N) is 1. The summed E-state index contributed by atoms with van der Waals surface area (Å²) < 4.78 is 24.7. The first-order valence-electron chi connectivity index (χ1n) is 5.50. The highest BCUT2D eigenvalue weighted by Gasteiger charge is 2.14. The number of fused-ring (bicyclic) bond motifs is 1. The van der Waals surface area contributed by atoms with Crippen LogP contribution in [-0.2, 0) is 17.1 Å². The van der Waals surface area contributed by atoms with Crippen LogP contribution in [0.15, 0.2) is 40.9 Å². The Bertz CT molecular complexity index is 862. The molecule has 0 amide bonds. The van der Waals surface area contributed by atoms with Crippen molar-refractivity contribution in [2.75, 3.05) is 0 Å². The highest BCUT2D eigenvalue weighted by molar-refractivity contribution is 7.91. The number of sulfonamides is 1. The third-order valence-corrected chi connectivity index (χ3v) is 5.45. The van der Waals surface area contributed by atoms with E-state index in [1.165, 1.54) is 17.4 Å². The van der Waals surface area contributed by atoms with Gasteiger partial charge in [0.1, 0.15) is 9.86 Å². The molecule has 0 aliphatic rings. The smallest absolute Gasteiger partial charge is 0.247 e. The first-order chi connectivity index (χ1) is 8.97. The average Bonchev–Trinajstić information content (AvgIpc) is 2.96. The van der Waals surface area contributed by atoms with Gasteiger partial charge in [0, 0.05) is 35.3 Å². The summed E-state index contributed by atoms with van der Waals surface area (Å²) in [5, 5.41) is 6.12. The summed E-state index contributed by atoms with van der Waals surface area (Å²) >= 11 is 1.17. The quantitative estimate of drug-likeness (QED) is 0.784. The van der Waals surface area contributed by atoms with Crippen molar-refractivity contribution in [3.63, 3.8) is 0 Å². The number of hydrogen-bond donors (Lipinski definition) is 1. The molecule has 0 fully saturated rings. The standard InChI is InChI=1S/C12H11N3O2S2/c1-15-7-5-9-8(4-6-14-12(9)15)10-2-3-11(18-10)19(13,16)17/h2-7H,1H3,(H2,13,16,17).